The van der Waals surface area contributed by atoms with Crippen LogP contribution in [0.25, 0.3) is 22.0 Å². The number of piperidine rings is 2. The second-order valence-electron chi connectivity index (χ2n) is 22.1. The van der Waals surface area contributed by atoms with Crippen LogP contribution in [-0.2, 0) is 22.2 Å². The van der Waals surface area contributed by atoms with Crippen LogP contribution in [-0.4, -0.2) is 113 Å². The third kappa shape index (κ3) is 10.1. The third-order valence-corrected chi connectivity index (χ3v) is 17.7. The molecule has 10 rings (SSSR count). The predicted octanol–water partition coefficient (Wildman–Crippen LogP) is 9.05. The largest absolute Gasteiger partial charge is 0.488 e. The van der Waals surface area contributed by atoms with E-state index in [-0.39, 0.29) is 106 Å². The van der Waals surface area contributed by atoms with E-state index in [4.69, 9.17) is 26.8 Å². The van der Waals surface area contributed by atoms with Gasteiger partial charge in [0.05, 0.1) is 22.6 Å². The summed E-state index contributed by atoms with van der Waals surface area (Å²) in [6.07, 6.45) is 5.76. The number of aromatic nitrogens is 2. The van der Waals surface area contributed by atoms with Gasteiger partial charge in [-0.25, -0.2) is 22.4 Å². The van der Waals surface area contributed by atoms with Crippen LogP contribution in [0.2, 0.25) is 5.02 Å². The number of benzene rings is 4. The van der Waals surface area contributed by atoms with Crippen LogP contribution in [0.4, 0.5) is 28.2 Å². The van der Waals surface area contributed by atoms with Crippen LogP contribution in [0, 0.1) is 41.0 Å². The molecule has 5 N–H and O–H groups in total. The topological polar surface area (TPSA) is 185 Å². The number of imide groups is 1. The average Bonchev–Trinajstić information content (AvgIpc) is 3.89. The Bertz CT molecular complexity index is 3120. The molecule has 5 aliphatic rings. The molecule has 416 valence electrons. The van der Waals surface area contributed by atoms with E-state index in [1.807, 2.05) is 42.2 Å². The number of aliphatic hydroxyl groups is 1. The maximum absolute atomic E-state index is 16.5. The van der Waals surface area contributed by atoms with Crippen molar-refractivity contribution in [2.24, 2.45) is 30.5 Å². The van der Waals surface area contributed by atoms with E-state index in [0.717, 1.165) is 31.2 Å². The Balaban J connectivity index is 0.764. The Hall–Kier alpha value is -6.28. The Morgan fingerprint density at radius 3 is 2.27 bits per heavy atom. The van der Waals surface area contributed by atoms with Crippen molar-refractivity contribution in [1.29, 1.82) is 0 Å². The number of anilines is 1. The molecule has 4 aromatic carbocycles. The van der Waals surface area contributed by atoms with Crippen LogP contribution in [0.15, 0.2) is 54.6 Å². The molecule has 0 spiro atoms. The predicted molar refractivity (Wildman–Crippen MR) is 286 cm³/mol. The number of likely N-dealkylation sites (tertiary alicyclic amines) is 2. The van der Waals surface area contributed by atoms with Gasteiger partial charge < -0.3 is 30.5 Å². The van der Waals surface area contributed by atoms with Crippen molar-refractivity contribution in [1.82, 2.24) is 30.2 Å². The number of halogens is 5. The fourth-order valence-corrected chi connectivity index (χ4v) is 13.7. The summed E-state index contributed by atoms with van der Waals surface area (Å²) in [7, 11) is 1.56. The molecule has 4 aliphatic heterocycles. The molecule has 0 radical (unpaired) electrons. The van der Waals surface area contributed by atoms with E-state index < -0.39 is 64.3 Å². The first-order chi connectivity index (χ1) is 37.4. The molecule has 1 saturated carbocycles. The van der Waals surface area contributed by atoms with Gasteiger partial charge in [0.15, 0.2) is 28.8 Å². The van der Waals surface area contributed by atoms with Gasteiger partial charge in [-0.3, -0.25) is 34.2 Å². The lowest BCUT2D eigenvalue weighted by Crippen LogP contribution is -2.52. The number of ether oxygens (including phenoxy) is 2. The summed E-state index contributed by atoms with van der Waals surface area (Å²) >= 11 is 6.73. The molecule has 1 aliphatic carbocycles. The van der Waals surface area contributed by atoms with Gasteiger partial charge in [-0.1, -0.05) is 62.7 Å². The quantitative estimate of drug-likeness (QED) is 0.0738. The number of aliphatic hydroxyl groups excluding tert-OH is 1. The van der Waals surface area contributed by atoms with Crippen molar-refractivity contribution >= 4 is 52.1 Å². The van der Waals surface area contributed by atoms with E-state index in [1.165, 1.54) is 33.8 Å². The fourth-order valence-electron chi connectivity index (χ4n) is 13.5. The summed E-state index contributed by atoms with van der Waals surface area (Å²) in [4.78, 5) is 57.2. The van der Waals surface area contributed by atoms with E-state index in [2.05, 4.69) is 34.5 Å². The SMILES string of the molecule is CC(C)[C@@H](C1CCN(C(=O)C2CCC(NC[C@]3(c4ccccc4)Oc4cc(F)c(Cl)c(-c5c(C(N)=O)ccc(OCCO)c5F)c4[C@@H]3C)CC2)CC1)N1CCC(c2c(F)cc3c(N4CCC(=O)NC4=O)nn(C)c3c2F)CC1. The number of urea groups is 1. The standard InChI is InChI=1S/C58H67ClF4N8O7/c1-31(2)52(69-21-16-33(17-22-69)46-40(60)28-39-53(51(46)63)68(4)67-55(39)71-25-20-44(73)66-57(71)76)34-18-23-70(24-19-34)56(75)35-10-12-37(13-11-35)65-30-58(36-8-6-5-7-9-36)32(3)45-43(78-58)29-41(61)49(59)48(45)47-38(54(64)74)14-15-42(50(47)62)77-27-26-72/h5-9,14-15,28-29,31-35,37,52,65,72H,10-13,16-27,30H2,1-4H3,(H2,64,74)(H,66,73,76)/t32-,35?,37?,52-,58-/m0/s1. The first-order valence-corrected chi connectivity index (χ1v) is 27.6. The molecule has 20 heteroatoms. The minimum absolute atomic E-state index is 0.0250. The smallest absolute Gasteiger partial charge is 0.329 e. The third-order valence-electron chi connectivity index (χ3n) is 17.3. The molecule has 5 aromatic rings. The Morgan fingerprint density at radius 2 is 1.62 bits per heavy atom. The van der Waals surface area contributed by atoms with Crippen LogP contribution in [0.3, 0.4) is 0 Å². The maximum Gasteiger partial charge on any atom is 0.329 e. The molecule has 3 atom stereocenters. The molecular weight excluding hydrogens is 1030 g/mol. The highest BCUT2D eigenvalue weighted by Crippen LogP contribution is 2.57. The average molecular weight is 1100 g/mol. The number of carbonyl (C=O) groups excluding carboxylic acids is 4. The molecule has 0 bridgehead atoms. The Kier molecular flexibility index (Phi) is 15.9. The van der Waals surface area contributed by atoms with Crippen molar-refractivity contribution in [2.45, 2.75) is 108 Å². The van der Waals surface area contributed by atoms with Crippen LogP contribution in [0.5, 0.6) is 11.5 Å². The van der Waals surface area contributed by atoms with E-state index in [1.54, 1.807) is 7.05 Å². The lowest BCUT2D eigenvalue weighted by atomic mass is 9.77. The molecule has 15 nitrogen and oxygen atoms in total. The first-order valence-electron chi connectivity index (χ1n) is 27.3. The molecule has 1 aromatic heterocycles. The Labute approximate surface area is 455 Å². The normalized spacial score (nSPS) is 22.9. The molecular formula is C58H67ClF4N8O7. The van der Waals surface area contributed by atoms with Crippen molar-refractivity contribution in [3.63, 3.8) is 0 Å². The van der Waals surface area contributed by atoms with Crippen LogP contribution >= 0.6 is 11.6 Å². The number of nitrogens with zero attached hydrogens (tertiary/aromatic N) is 5. The second kappa shape index (κ2) is 22.5. The zero-order valence-electron chi connectivity index (χ0n) is 44.4. The van der Waals surface area contributed by atoms with Crippen molar-refractivity contribution in [3.05, 3.63) is 105 Å². The minimum Gasteiger partial charge on any atom is -0.488 e. The number of hydrogen-bond acceptors (Lipinski definition) is 10. The van der Waals surface area contributed by atoms with E-state index in [9.17, 15) is 24.3 Å². The minimum atomic E-state index is -1.14. The number of fused-ring (bicyclic) bond motifs is 2. The summed E-state index contributed by atoms with van der Waals surface area (Å²) < 4.78 is 78.5. The molecule has 5 amide bonds. The summed E-state index contributed by atoms with van der Waals surface area (Å²) in [6, 6.07) is 14.0. The van der Waals surface area contributed by atoms with Crippen LogP contribution in [0.1, 0.15) is 117 Å². The zero-order valence-corrected chi connectivity index (χ0v) is 45.1. The highest BCUT2D eigenvalue weighted by molar-refractivity contribution is 6.34. The van der Waals surface area contributed by atoms with Gasteiger partial charge in [0.25, 0.3) is 0 Å². The number of nitrogens with two attached hydrogens (primary N) is 1. The molecule has 5 heterocycles. The number of carbonyl (C=O) groups is 4. The molecule has 0 unspecified atom stereocenters. The number of rotatable bonds is 15. The summed E-state index contributed by atoms with van der Waals surface area (Å²) in [5.74, 6) is -4.83. The van der Waals surface area contributed by atoms with E-state index in [0.29, 0.717) is 69.3 Å². The highest BCUT2D eigenvalue weighted by Gasteiger charge is 2.51. The van der Waals surface area contributed by atoms with Gasteiger partial charge in [0.1, 0.15) is 29.5 Å². The second-order valence-corrected chi connectivity index (χ2v) is 22.5. The number of primary amides is 1. The van der Waals surface area contributed by atoms with Gasteiger partial charge >= 0.3 is 6.03 Å². The number of amides is 5. The monoisotopic (exact) mass is 1100 g/mol. The lowest BCUT2D eigenvalue weighted by Gasteiger charge is -2.46. The van der Waals surface area contributed by atoms with Gasteiger partial charge in [-0.2, -0.15) is 5.10 Å². The van der Waals surface area contributed by atoms with Gasteiger partial charge in [-0.05, 0) is 106 Å². The van der Waals surface area contributed by atoms with Gasteiger partial charge in [-0.15, -0.1) is 0 Å². The summed E-state index contributed by atoms with van der Waals surface area (Å²) in [5, 5.41) is 19.5. The van der Waals surface area contributed by atoms with Crippen molar-refractivity contribution < 1.29 is 51.3 Å². The lowest BCUT2D eigenvalue weighted by molar-refractivity contribution is -0.138. The maximum atomic E-state index is 16.5. The van der Waals surface area contributed by atoms with E-state index >= 15 is 17.6 Å². The number of nitrogens with one attached hydrogen (secondary N) is 2. The molecule has 78 heavy (non-hydrogen) atoms. The van der Waals surface area contributed by atoms with Crippen molar-refractivity contribution in [2.75, 3.05) is 57.4 Å². The number of aryl methyl sites for hydroxylation is 1. The van der Waals surface area contributed by atoms with Gasteiger partial charge in [0.2, 0.25) is 17.7 Å². The zero-order chi connectivity index (χ0) is 55.3. The first kappa shape index (κ1) is 55.1. The van der Waals surface area contributed by atoms with Crippen LogP contribution < -0.4 is 30.7 Å². The Morgan fingerprint density at radius 1 is 0.910 bits per heavy atom. The number of hydrogen-bond donors (Lipinski definition) is 4. The van der Waals surface area contributed by atoms with Crippen molar-refractivity contribution in [3.8, 4) is 22.6 Å². The summed E-state index contributed by atoms with van der Waals surface area (Å²) in [5.41, 5.74) is 5.33. The highest BCUT2D eigenvalue weighted by atomic mass is 35.5. The molecule has 3 saturated heterocycles. The summed E-state index contributed by atoms with van der Waals surface area (Å²) in [6.45, 7) is 8.71. The fraction of sp³-hybridized carbons (Fsp3) is 0.500. The molecule has 4 fully saturated rings. The van der Waals surface area contributed by atoms with Gasteiger partial charge in [0, 0.05) is 91.9 Å².